The Bertz CT molecular complexity index is 1270. The van der Waals surface area contributed by atoms with E-state index < -0.39 is 28.4 Å². The summed E-state index contributed by atoms with van der Waals surface area (Å²) in [5.41, 5.74) is 0.752. The first kappa shape index (κ1) is 24.6. The summed E-state index contributed by atoms with van der Waals surface area (Å²) >= 11 is 0. The van der Waals surface area contributed by atoms with Crippen molar-refractivity contribution < 1.29 is 32.2 Å². The minimum atomic E-state index is -4.16. The number of sulfonamides is 1. The number of ether oxygens (including phenoxy) is 3. The van der Waals surface area contributed by atoms with Crippen LogP contribution in [0.5, 0.6) is 11.5 Å². The molecule has 0 saturated carbocycles. The van der Waals surface area contributed by atoms with E-state index in [4.69, 9.17) is 14.2 Å². The van der Waals surface area contributed by atoms with Gasteiger partial charge in [-0.25, -0.2) is 13.2 Å². The Morgan fingerprint density at radius 1 is 0.882 bits per heavy atom. The number of rotatable bonds is 9. The van der Waals surface area contributed by atoms with Gasteiger partial charge in [0.25, 0.3) is 10.0 Å². The third-order valence-electron chi connectivity index (χ3n) is 4.86. The van der Waals surface area contributed by atoms with E-state index in [2.05, 4.69) is 5.32 Å². The van der Waals surface area contributed by atoms with Gasteiger partial charge in [-0.1, -0.05) is 18.2 Å². The van der Waals surface area contributed by atoms with Gasteiger partial charge in [-0.05, 0) is 54.6 Å². The standard InChI is InChI=1S/C24H24N2O7S/c1-31-19-11-13-20(14-12-19)34(29,30)26(21-9-4-5-10-22(21)32-2)16-23(27)25-18-8-6-7-17(15-18)24(28)33-3/h4-15H,16H2,1-3H3,(H,25,27). The van der Waals surface area contributed by atoms with Gasteiger partial charge in [0, 0.05) is 5.69 Å². The number of esters is 1. The number of hydrogen-bond acceptors (Lipinski definition) is 7. The second-order valence-electron chi connectivity index (χ2n) is 6.98. The molecule has 1 amide bonds. The van der Waals surface area contributed by atoms with Crippen molar-refractivity contribution >= 4 is 33.3 Å². The zero-order valence-electron chi connectivity index (χ0n) is 18.8. The van der Waals surface area contributed by atoms with Crippen molar-refractivity contribution in [2.45, 2.75) is 4.90 Å². The molecule has 0 spiro atoms. The molecule has 0 radical (unpaired) electrons. The zero-order chi connectivity index (χ0) is 24.7. The van der Waals surface area contributed by atoms with Crippen molar-refractivity contribution in [3.05, 3.63) is 78.4 Å². The lowest BCUT2D eigenvalue weighted by atomic mass is 10.2. The Hall–Kier alpha value is -4.05. The van der Waals surface area contributed by atoms with Gasteiger partial charge in [-0.15, -0.1) is 0 Å². The monoisotopic (exact) mass is 484 g/mol. The van der Waals surface area contributed by atoms with Crippen LogP contribution in [0.15, 0.2) is 77.7 Å². The highest BCUT2D eigenvalue weighted by Gasteiger charge is 2.29. The minimum Gasteiger partial charge on any atom is -0.497 e. The van der Waals surface area contributed by atoms with Crippen molar-refractivity contribution in [1.29, 1.82) is 0 Å². The maximum Gasteiger partial charge on any atom is 0.337 e. The van der Waals surface area contributed by atoms with Gasteiger partial charge in [0.1, 0.15) is 18.0 Å². The second kappa shape index (κ2) is 10.7. The maximum atomic E-state index is 13.6. The quantitative estimate of drug-likeness (QED) is 0.464. The van der Waals surface area contributed by atoms with Gasteiger partial charge < -0.3 is 19.5 Å². The number of para-hydroxylation sites is 2. The Labute approximate surface area is 197 Å². The molecule has 178 valence electrons. The van der Waals surface area contributed by atoms with Gasteiger partial charge in [-0.3, -0.25) is 9.10 Å². The average Bonchev–Trinajstić information content (AvgIpc) is 2.86. The highest BCUT2D eigenvalue weighted by molar-refractivity contribution is 7.92. The summed E-state index contributed by atoms with van der Waals surface area (Å²) in [5.74, 6) is -0.412. The Balaban J connectivity index is 1.96. The lowest BCUT2D eigenvalue weighted by Gasteiger charge is -2.25. The van der Waals surface area contributed by atoms with Gasteiger partial charge >= 0.3 is 5.97 Å². The van der Waals surface area contributed by atoms with E-state index in [1.54, 1.807) is 36.4 Å². The summed E-state index contributed by atoms with van der Waals surface area (Å²) in [6, 6.07) is 18.5. The number of nitrogens with one attached hydrogen (secondary N) is 1. The summed E-state index contributed by atoms with van der Waals surface area (Å²) in [4.78, 5) is 24.7. The molecule has 1 N–H and O–H groups in total. The first-order valence-corrected chi connectivity index (χ1v) is 11.5. The fraction of sp³-hybridized carbons (Fsp3) is 0.167. The van der Waals surface area contributed by atoms with Crippen molar-refractivity contribution in [2.24, 2.45) is 0 Å². The predicted molar refractivity (Wildman–Crippen MR) is 127 cm³/mol. The number of hydrogen-bond donors (Lipinski definition) is 1. The second-order valence-corrected chi connectivity index (χ2v) is 8.84. The number of carbonyl (C=O) groups is 2. The van der Waals surface area contributed by atoms with Crippen molar-refractivity contribution in [1.82, 2.24) is 0 Å². The zero-order valence-corrected chi connectivity index (χ0v) is 19.7. The summed E-state index contributed by atoms with van der Waals surface area (Å²) in [7, 11) is -0.0206. The topological polar surface area (TPSA) is 111 Å². The molecule has 3 aromatic rings. The van der Waals surface area contributed by atoms with Crippen LogP contribution in [0.1, 0.15) is 10.4 Å². The Morgan fingerprint density at radius 3 is 2.24 bits per heavy atom. The van der Waals surface area contributed by atoms with Gasteiger partial charge in [0.2, 0.25) is 5.91 Å². The molecule has 10 heteroatoms. The van der Waals surface area contributed by atoms with Crippen LogP contribution in [0.3, 0.4) is 0 Å². The average molecular weight is 485 g/mol. The molecule has 0 fully saturated rings. The van der Waals surface area contributed by atoms with E-state index in [9.17, 15) is 18.0 Å². The van der Waals surface area contributed by atoms with Crippen LogP contribution in [0.2, 0.25) is 0 Å². The minimum absolute atomic E-state index is 0.0281. The summed E-state index contributed by atoms with van der Waals surface area (Å²) < 4.78 is 43.2. The van der Waals surface area contributed by atoms with E-state index in [-0.39, 0.29) is 21.9 Å². The van der Waals surface area contributed by atoms with Crippen LogP contribution >= 0.6 is 0 Å². The predicted octanol–water partition coefficient (Wildman–Crippen LogP) is 3.32. The van der Waals surface area contributed by atoms with E-state index >= 15 is 0 Å². The van der Waals surface area contributed by atoms with Crippen molar-refractivity contribution in [3.63, 3.8) is 0 Å². The molecule has 0 aliphatic rings. The van der Waals surface area contributed by atoms with E-state index in [1.165, 1.54) is 57.7 Å². The number of carbonyl (C=O) groups excluding carboxylic acids is 2. The molecule has 0 atom stereocenters. The number of amides is 1. The summed E-state index contributed by atoms with van der Waals surface area (Å²) in [6.07, 6.45) is 0. The van der Waals surface area contributed by atoms with E-state index in [0.717, 1.165) is 4.31 Å². The first-order valence-electron chi connectivity index (χ1n) is 10.1. The van der Waals surface area contributed by atoms with Crippen LogP contribution < -0.4 is 19.1 Å². The fourth-order valence-electron chi connectivity index (χ4n) is 3.18. The molecule has 0 aromatic heterocycles. The molecule has 3 aromatic carbocycles. The number of anilines is 2. The summed E-state index contributed by atoms with van der Waals surface area (Å²) in [5, 5.41) is 2.63. The third kappa shape index (κ3) is 5.46. The van der Waals surface area contributed by atoms with Crippen LogP contribution in [-0.4, -0.2) is 48.2 Å². The van der Waals surface area contributed by atoms with Crippen LogP contribution in [-0.2, 0) is 19.6 Å². The lowest BCUT2D eigenvalue weighted by Crippen LogP contribution is -2.38. The van der Waals surface area contributed by atoms with Crippen LogP contribution in [0.25, 0.3) is 0 Å². The Morgan fingerprint density at radius 2 is 1.59 bits per heavy atom. The smallest absolute Gasteiger partial charge is 0.337 e. The number of benzene rings is 3. The molecule has 3 rings (SSSR count). The highest BCUT2D eigenvalue weighted by Crippen LogP contribution is 2.32. The van der Waals surface area contributed by atoms with E-state index in [0.29, 0.717) is 11.4 Å². The number of nitrogens with zero attached hydrogens (tertiary/aromatic N) is 1. The fourth-order valence-corrected chi connectivity index (χ4v) is 4.61. The Kier molecular flexibility index (Phi) is 7.75. The normalized spacial score (nSPS) is 10.8. The largest absolute Gasteiger partial charge is 0.497 e. The third-order valence-corrected chi connectivity index (χ3v) is 6.63. The molecular weight excluding hydrogens is 460 g/mol. The first-order chi connectivity index (χ1) is 16.3. The van der Waals surface area contributed by atoms with Crippen molar-refractivity contribution in [3.8, 4) is 11.5 Å². The molecule has 34 heavy (non-hydrogen) atoms. The van der Waals surface area contributed by atoms with Gasteiger partial charge in [0.05, 0.1) is 37.5 Å². The SMILES string of the molecule is COC(=O)c1cccc(NC(=O)CN(c2ccccc2OC)S(=O)(=O)c2ccc(OC)cc2)c1. The molecular formula is C24H24N2O7S. The highest BCUT2D eigenvalue weighted by atomic mass is 32.2. The molecule has 0 aliphatic heterocycles. The number of methoxy groups -OCH3 is 3. The molecule has 0 saturated heterocycles. The van der Waals surface area contributed by atoms with Crippen molar-refractivity contribution in [2.75, 3.05) is 37.5 Å². The van der Waals surface area contributed by atoms with E-state index in [1.807, 2.05) is 0 Å². The lowest BCUT2D eigenvalue weighted by molar-refractivity contribution is -0.114. The van der Waals surface area contributed by atoms with Crippen LogP contribution in [0, 0.1) is 0 Å². The van der Waals surface area contributed by atoms with Gasteiger partial charge in [0.15, 0.2) is 0 Å². The van der Waals surface area contributed by atoms with Crippen LogP contribution in [0.4, 0.5) is 11.4 Å². The molecule has 0 bridgehead atoms. The van der Waals surface area contributed by atoms with Gasteiger partial charge in [-0.2, -0.15) is 0 Å². The maximum absolute atomic E-state index is 13.6. The molecule has 0 unspecified atom stereocenters. The molecule has 0 aliphatic carbocycles. The molecule has 9 nitrogen and oxygen atoms in total. The molecule has 0 heterocycles. The summed E-state index contributed by atoms with van der Waals surface area (Å²) in [6.45, 7) is -0.544.